The number of benzene rings is 1. The van der Waals surface area contributed by atoms with Crippen LogP contribution in [0.15, 0.2) is 36.5 Å². The van der Waals surface area contributed by atoms with Gasteiger partial charge in [0.1, 0.15) is 0 Å². The zero-order valence-electron chi connectivity index (χ0n) is 17.0. The lowest BCUT2D eigenvalue weighted by Gasteiger charge is -2.36. The first kappa shape index (κ1) is 18.7. The monoisotopic (exact) mass is 366 g/mol. The number of hydrogen-bond acceptors (Lipinski definition) is 3. The third-order valence-electron chi connectivity index (χ3n) is 6.56. The highest BCUT2D eigenvalue weighted by molar-refractivity contribution is 5.17. The molecule has 1 aromatic carbocycles. The first-order chi connectivity index (χ1) is 13.2. The largest absolute Gasteiger partial charge is 0.301 e. The Bertz CT molecular complexity index is 723. The Morgan fingerprint density at radius 3 is 2.70 bits per heavy atom. The molecule has 0 saturated carbocycles. The van der Waals surface area contributed by atoms with E-state index in [-0.39, 0.29) is 0 Å². The first-order valence-electron chi connectivity index (χ1n) is 10.7. The van der Waals surface area contributed by atoms with Crippen LogP contribution in [0.4, 0.5) is 0 Å². The summed E-state index contributed by atoms with van der Waals surface area (Å²) < 4.78 is 2.13. The fraction of sp³-hybridized carbons (Fsp3) is 0.609. The van der Waals surface area contributed by atoms with Crippen molar-refractivity contribution in [1.29, 1.82) is 0 Å². The Balaban J connectivity index is 1.33. The van der Waals surface area contributed by atoms with E-state index in [1.807, 2.05) is 0 Å². The predicted octanol–water partition coefficient (Wildman–Crippen LogP) is 3.74. The molecule has 2 aromatic rings. The standard InChI is InChI=1S/C23H34N4/c1-3-27-19(2)22(14-24-27)17-26-16-21-11-12-23(26)18-25(15-21)13-7-10-20-8-5-4-6-9-20/h4-6,8-9,14,21,23H,3,7,10-13,15-18H2,1-2H3/t21-,23+/m1/s1. The molecule has 2 bridgehead atoms. The van der Waals surface area contributed by atoms with Gasteiger partial charge in [-0.3, -0.25) is 9.58 Å². The average Bonchev–Trinajstić information content (AvgIpc) is 2.84. The molecule has 4 nitrogen and oxygen atoms in total. The molecule has 0 spiro atoms. The quantitative estimate of drug-likeness (QED) is 0.746. The number of nitrogens with zero attached hydrogens (tertiary/aromatic N) is 4. The Hall–Kier alpha value is -1.65. The van der Waals surface area contributed by atoms with Crippen LogP contribution in [0, 0.1) is 12.8 Å². The molecule has 3 saturated heterocycles. The highest BCUT2D eigenvalue weighted by Gasteiger charge is 2.34. The van der Waals surface area contributed by atoms with Crippen molar-refractivity contribution < 1.29 is 0 Å². The number of hydrogen-bond donors (Lipinski definition) is 0. The highest BCUT2D eigenvalue weighted by atomic mass is 15.3. The van der Waals surface area contributed by atoms with E-state index in [0.29, 0.717) is 6.04 Å². The second-order valence-corrected chi connectivity index (χ2v) is 8.45. The molecule has 0 N–H and O–H groups in total. The van der Waals surface area contributed by atoms with E-state index in [4.69, 9.17) is 0 Å². The maximum Gasteiger partial charge on any atom is 0.0537 e. The third-order valence-corrected chi connectivity index (χ3v) is 6.56. The van der Waals surface area contributed by atoms with Crippen LogP contribution in [0.1, 0.15) is 43.0 Å². The molecule has 4 heterocycles. The molecular weight excluding hydrogens is 332 g/mol. The van der Waals surface area contributed by atoms with Crippen LogP contribution in [0.5, 0.6) is 0 Å². The van der Waals surface area contributed by atoms with Crippen molar-refractivity contribution in [3.8, 4) is 0 Å². The lowest BCUT2D eigenvalue weighted by molar-refractivity contribution is 0.123. The maximum atomic E-state index is 4.55. The molecule has 3 aliphatic heterocycles. The zero-order chi connectivity index (χ0) is 18.6. The Morgan fingerprint density at radius 2 is 1.93 bits per heavy atom. The molecular formula is C23H34N4. The summed E-state index contributed by atoms with van der Waals surface area (Å²) in [6, 6.07) is 11.6. The smallest absolute Gasteiger partial charge is 0.0537 e. The summed E-state index contributed by atoms with van der Waals surface area (Å²) in [5.41, 5.74) is 4.23. The molecule has 0 radical (unpaired) electrons. The van der Waals surface area contributed by atoms with Crippen molar-refractivity contribution in [3.05, 3.63) is 53.3 Å². The van der Waals surface area contributed by atoms with Crippen molar-refractivity contribution in [2.75, 3.05) is 26.2 Å². The van der Waals surface area contributed by atoms with E-state index in [0.717, 1.165) is 19.0 Å². The van der Waals surface area contributed by atoms with Gasteiger partial charge in [0.2, 0.25) is 0 Å². The molecule has 3 aliphatic rings. The Morgan fingerprint density at radius 1 is 1.07 bits per heavy atom. The van der Waals surface area contributed by atoms with Gasteiger partial charge in [0, 0.05) is 50.0 Å². The fourth-order valence-corrected chi connectivity index (χ4v) is 4.98. The van der Waals surface area contributed by atoms with E-state index in [9.17, 15) is 0 Å². The molecule has 2 atom stereocenters. The van der Waals surface area contributed by atoms with Gasteiger partial charge in [-0.25, -0.2) is 0 Å². The molecule has 0 aliphatic carbocycles. The van der Waals surface area contributed by atoms with Gasteiger partial charge in [0.15, 0.2) is 0 Å². The van der Waals surface area contributed by atoms with E-state index < -0.39 is 0 Å². The molecule has 27 heavy (non-hydrogen) atoms. The minimum Gasteiger partial charge on any atom is -0.301 e. The van der Waals surface area contributed by atoms with Gasteiger partial charge in [-0.2, -0.15) is 5.10 Å². The topological polar surface area (TPSA) is 24.3 Å². The van der Waals surface area contributed by atoms with Gasteiger partial charge >= 0.3 is 0 Å². The van der Waals surface area contributed by atoms with E-state index in [2.05, 4.69) is 70.0 Å². The van der Waals surface area contributed by atoms with Crippen LogP contribution in [-0.4, -0.2) is 51.8 Å². The van der Waals surface area contributed by atoms with E-state index >= 15 is 0 Å². The lowest BCUT2D eigenvalue weighted by Crippen LogP contribution is -2.43. The molecule has 1 aromatic heterocycles. The van der Waals surface area contributed by atoms with Crippen molar-refractivity contribution in [3.63, 3.8) is 0 Å². The molecule has 0 amide bonds. The second kappa shape index (κ2) is 8.57. The number of piperidine rings is 1. The Labute approximate surface area is 164 Å². The van der Waals surface area contributed by atoms with E-state index in [1.54, 1.807) is 0 Å². The lowest BCUT2D eigenvalue weighted by atomic mass is 9.94. The summed E-state index contributed by atoms with van der Waals surface area (Å²) in [5.74, 6) is 0.835. The Kier molecular flexibility index (Phi) is 5.94. The van der Waals surface area contributed by atoms with Gasteiger partial charge in [0.05, 0.1) is 6.20 Å². The summed E-state index contributed by atoms with van der Waals surface area (Å²) in [5, 5.41) is 4.55. The average molecular weight is 367 g/mol. The SMILES string of the molecule is CCn1ncc(CN2C[C@@H]3CC[C@H]2CN(CCCc2ccccc2)C3)c1C. The van der Waals surface area contributed by atoms with Crippen molar-refractivity contribution >= 4 is 0 Å². The third kappa shape index (κ3) is 4.44. The highest BCUT2D eigenvalue weighted by Crippen LogP contribution is 2.29. The summed E-state index contributed by atoms with van der Waals surface area (Å²) in [6.45, 7) is 11.5. The molecule has 3 fully saturated rings. The normalized spacial score (nSPS) is 23.6. The zero-order valence-corrected chi connectivity index (χ0v) is 17.0. The maximum absolute atomic E-state index is 4.55. The van der Waals surface area contributed by atoms with Gasteiger partial charge in [0.25, 0.3) is 0 Å². The minimum absolute atomic E-state index is 0.713. The molecule has 0 unspecified atom stereocenters. The van der Waals surface area contributed by atoms with Gasteiger partial charge in [-0.1, -0.05) is 30.3 Å². The van der Waals surface area contributed by atoms with Crippen molar-refractivity contribution in [2.45, 2.75) is 58.7 Å². The van der Waals surface area contributed by atoms with Gasteiger partial charge in [-0.05, 0) is 57.6 Å². The van der Waals surface area contributed by atoms with Crippen molar-refractivity contribution in [2.24, 2.45) is 5.92 Å². The number of rotatable bonds is 7. The summed E-state index contributed by atoms with van der Waals surface area (Å²) in [6.07, 6.45) is 7.33. The minimum atomic E-state index is 0.713. The van der Waals surface area contributed by atoms with Gasteiger partial charge in [-0.15, -0.1) is 0 Å². The number of aromatic nitrogens is 2. The van der Waals surface area contributed by atoms with Crippen LogP contribution < -0.4 is 0 Å². The fourth-order valence-electron chi connectivity index (χ4n) is 4.98. The van der Waals surface area contributed by atoms with Crippen LogP contribution >= 0.6 is 0 Å². The van der Waals surface area contributed by atoms with Gasteiger partial charge < -0.3 is 4.90 Å². The predicted molar refractivity (Wildman–Crippen MR) is 111 cm³/mol. The second-order valence-electron chi connectivity index (χ2n) is 8.45. The molecule has 146 valence electrons. The molecule has 4 heteroatoms. The molecule has 5 rings (SSSR count). The van der Waals surface area contributed by atoms with Crippen molar-refractivity contribution in [1.82, 2.24) is 19.6 Å². The van der Waals surface area contributed by atoms with Crippen LogP contribution in [0.25, 0.3) is 0 Å². The number of fused-ring (bicyclic) bond motifs is 4. The van der Waals surface area contributed by atoms with Crippen LogP contribution in [0.3, 0.4) is 0 Å². The van der Waals surface area contributed by atoms with Crippen LogP contribution in [0.2, 0.25) is 0 Å². The summed E-state index contributed by atoms with van der Waals surface area (Å²) in [7, 11) is 0. The summed E-state index contributed by atoms with van der Waals surface area (Å²) in [4.78, 5) is 5.49. The summed E-state index contributed by atoms with van der Waals surface area (Å²) >= 11 is 0. The van der Waals surface area contributed by atoms with E-state index in [1.165, 1.54) is 68.7 Å². The van der Waals surface area contributed by atoms with Crippen LogP contribution in [-0.2, 0) is 19.5 Å². The number of aryl methyl sites for hydroxylation is 2. The first-order valence-corrected chi connectivity index (χ1v) is 10.7.